The molecule has 1 unspecified atom stereocenters. The van der Waals surface area contributed by atoms with Gasteiger partial charge in [0, 0.05) is 13.2 Å². The van der Waals surface area contributed by atoms with Crippen molar-refractivity contribution in [2.24, 2.45) is 0 Å². The second-order valence-electron chi connectivity index (χ2n) is 4.57. The highest BCUT2D eigenvalue weighted by atomic mass is 16.5. The fraction of sp³-hybridized carbons (Fsp3) is 0.429. The van der Waals surface area contributed by atoms with E-state index in [-0.39, 0.29) is 6.04 Å². The molecule has 0 radical (unpaired) electrons. The number of rotatable bonds is 7. The van der Waals surface area contributed by atoms with E-state index in [4.69, 9.17) is 4.74 Å². The summed E-state index contributed by atoms with van der Waals surface area (Å²) in [7, 11) is 1.58. The summed E-state index contributed by atoms with van der Waals surface area (Å²) < 4.78 is 5.03. The summed E-state index contributed by atoms with van der Waals surface area (Å²) in [6.07, 6.45) is 0.576. The van der Waals surface area contributed by atoms with Crippen molar-refractivity contribution in [1.82, 2.24) is 4.90 Å². The number of carboxylic acid groups (broad SMARTS) is 1. The van der Waals surface area contributed by atoms with Crippen LogP contribution in [0.4, 0.5) is 0 Å². The monoisotopic (exact) mass is 265 g/mol. The molecule has 0 spiro atoms. The maximum Gasteiger partial charge on any atom is 0.331 e. The topological polar surface area (TPSA) is 66.8 Å². The molecular weight excluding hydrogens is 246 g/mol. The third-order valence-electron chi connectivity index (χ3n) is 2.83. The zero-order valence-corrected chi connectivity index (χ0v) is 11.4. The summed E-state index contributed by atoms with van der Waals surface area (Å²) in [5, 5.41) is 9.37. The lowest BCUT2D eigenvalue weighted by Gasteiger charge is -2.29. The maximum atomic E-state index is 11.4. The molecule has 1 N–H and O–H groups in total. The van der Waals surface area contributed by atoms with E-state index in [1.54, 1.807) is 39.2 Å². The van der Waals surface area contributed by atoms with Crippen LogP contribution in [0, 0.1) is 0 Å². The zero-order chi connectivity index (χ0) is 14.4. The lowest BCUT2D eigenvalue weighted by molar-refractivity contribution is -0.148. The number of methoxy groups -OCH3 is 1. The first-order chi connectivity index (χ1) is 9.01. The van der Waals surface area contributed by atoms with E-state index in [0.717, 1.165) is 5.56 Å². The van der Waals surface area contributed by atoms with Crippen LogP contribution in [0.25, 0.3) is 0 Å². The molecule has 1 atom stereocenters. The lowest BCUT2D eigenvalue weighted by atomic mass is 10.0. The van der Waals surface area contributed by atoms with Gasteiger partial charge in [0.25, 0.3) is 0 Å². The number of carboxylic acids is 1. The molecule has 5 heteroatoms. The Morgan fingerprint density at radius 1 is 1.47 bits per heavy atom. The van der Waals surface area contributed by atoms with Crippen molar-refractivity contribution in [2.45, 2.75) is 32.5 Å². The van der Waals surface area contributed by atoms with E-state index in [0.29, 0.717) is 18.6 Å². The summed E-state index contributed by atoms with van der Waals surface area (Å²) in [5.41, 5.74) is 1.45. The highest BCUT2D eigenvalue weighted by Gasteiger charge is 2.28. The van der Waals surface area contributed by atoms with Crippen LogP contribution in [-0.4, -0.2) is 35.5 Å². The maximum absolute atomic E-state index is 11.4. The Morgan fingerprint density at radius 3 is 2.63 bits per heavy atom. The van der Waals surface area contributed by atoms with Gasteiger partial charge < -0.3 is 14.7 Å². The molecule has 0 bridgehead atoms. The highest BCUT2D eigenvalue weighted by molar-refractivity contribution is 5.78. The number of hydrogen-bond acceptors (Lipinski definition) is 3. The van der Waals surface area contributed by atoms with Gasteiger partial charge in [0.05, 0.1) is 6.61 Å². The normalized spacial score (nSPS) is 12.2. The van der Waals surface area contributed by atoms with Crippen LogP contribution < -0.4 is 0 Å². The fourth-order valence-corrected chi connectivity index (χ4v) is 1.94. The van der Waals surface area contributed by atoms with Crippen LogP contribution in [0.1, 0.15) is 31.0 Å². The average Bonchev–Trinajstić information content (AvgIpc) is 2.35. The van der Waals surface area contributed by atoms with Gasteiger partial charge in [-0.3, -0.25) is 4.79 Å². The highest BCUT2D eigenvalue weighted by Crippen LogP contribution is 2.23. The van der Waals surface area contributed by atoms with E-state index in [9.17, 15) is 14.7 Å². The molecule has 0 saturated heterocycles. The molecule has 0 heterocycles. The fourth-order valence-electron chi connectivity index (χ4n) is 1.94. The summed E-state index contributed by atoms with van der Waals surface area (Å²) in [6.45, 7) is 3.97. The predicted molar refractivity (Wildman–Crippen MR) is 70.6 cm³/mol. The van der Waals surface area contributed by atoms with Crippen LogP contribution in [0.2, 0.25) is 0 Å². The van der Waals surface area contributed by atoms with Crippen LogP contribution in [-0.2, 0) is 20.9 Å². The molecule has 1 amide bonds. The second-order valence-corrected chi connectivity index (χ2v) is 4.57. The summed E-state index contributed by atoms with van der Waals surface area (Å²) in [6, 6.07) is 5.91. The molecule has 5 nitrogen and oxygen atoms in total. The molecule has 0 saturated carbocycles. The third-order valence-corrected chi connectivity index (χ3v) is 2.83. The van der Waals surface area contributed by atoms with Crippen molar-refractivity contribution in [1.29, 1.82) is 0 Å². The number of carbonyl (C=O) groups excluding carboxylic acids is 1. The van der Waals surface area contributed by atoms with Gasteiger partial charge in [-0.2, -0.15) is 0 Å². The minimum absolute atomic E-state index is 0.190. The number of ether oxygens (including phenoxy) is 1. The molecule has 0 aliphatic rings. The molecule has 1 rings (SSSR count). The Labute approximate surface area is 112 Å². The van der Waals surface area contributed by atoms with Gasteiger partial charge in [0.2, 0.25) is 6.41 Å². The smallest absolute Gasteiger partial charge is 0.331 e. The van der Waals surface area contributed by atoms with Gasteiger partial charge >= 0.3 is 5.97 Å². The van der Waals surface area contributed by atoms with Gasteiger partial charge in [-0.15, -0.1) is 0 Å². The van der Waals surface area contributed by atoms with E-state index < -0.39 is 12.0 Å². The SMILES string of the molecule is COCc1cccc(C(C(=O)O)N(C=O)C(C)C)c1. The first kappa shape index (κ1) is 15.2. The molecule has 0 aromatic heterocycles. The standard InChI is InChI=1S/C14H19NO4/c1-10(2)15(9-16)13(14(17)18)12-6-4-5-11(7-12)8-19-3/h4-7,9-10,13H,8H2,1-3H3,(H,17,18). The van der Waals surface area contributed by atoms with Crippen LogP contribution in [0.5, 0.6) is 0 Å². The van der Waals surface area contributed by atoms with E-state index in [1.165, 1.54) is 4.90 Å². The Balaban J connectivity index is 3.15. The quantitative estimate of drug-likeness (QED) is 0.764. The molecule has 0 aliphatic heterocycles. The van der Waals surface area contributed by atoms with E-state index >= 15 is 0 Å². The first-order valence-electron chi connectivity index (χ1n) is 6.04. The number of amides is 1. The van der Waals surface area contributed by atoms with Crippen molar-refractivity contribution in [3.05, 3.63) is 35.4 Å². The largest absolute Gasteiger partial charge is 0.479 e. The molecule has 104 valence electrons. The Bertz CT molecular complexity index is 445. The number of benzene rings is 1. The van der Waals surface area contributed by atoms with Crippen molar-refractivity contribution < 1.29 is 19.4 Å². The van der Waals surface area contributed by atoms with Crippen LogP contribution in [0.3, 0.4) is 0 Å². The minimum atomic E-state index is -1.05. The summed E-state index contributed by atoms with van der Waals surface area (Å²) >= 11 is 0. The molecule has 1 aromatic carbocycles. The number of carbonyl (C=O) groups is 2. The summed E-state index contributed by atoms with van der Waals surface area (Å²) in [5.74, 6) is -1.05. The predicted octanol–water partition coefficient (Wildman–Crippen LogP) is 1.83. The molecule has 0 aliphatic carbocycles. The van der Waals surface area contributed by atoms with Gasteiger partial charge in [-0.25, -0.2) is 4.79 Å². The number of hydrogen-bond donors (Lipinski definition) is 1. The Kier molecular flexibility index (Phi) is 5.51. The van der Waals surface area contributed by atoms with Crippen LogP contribution >= 0.6 is 0 Å². The van der Waals surface area contributed by atoms with Crippen LogP contribution in [0.15, 0.2) is 24.3 Å². The van der Waals surface area contributed by atoms with Crippen molar-refractivity contribution >= 4 is 12.4 Å². The van der Waals surface area contributed by atoms with Crippen molar-refractivity contribution in [2.75, 3.05) is 7.11 Å². The second kappa shape index (κ2) is 6.89. The molecule has 19 heavy (non-hydrogen) atoms. The first-order valence-corrected chi connectivity index (χ1v) is 6.04. The third kappa shape index (κ3) is 3.79. The van der Waals surface area contributed by atoms with E-state index in [1.807, 2.05) is 6.07 Å². The number of aliphatic carboxylic acids is 1. The Morgan fingerprint density at radius 2 is 2.16 bits per heavy atom. The Hall–Kier alpha value is -1.88. The lowest BCUT2D eigenvalue weighted by Crippen LogP contribution is -2.38. The van der Waals surface area contributed by atoms with Gasteiger partial charge in [0.1, 0.15) is 0 Å². The zero-order valence-electron chi connectivity index (χ0n) is 11.4. The molecule has 0 fully saturated rings. The van der Waals surface area contributed by atoms with Crippen molar-refractivity contribution in [3.63, 3.8) is 0 Å². The number of nitrogens with zero attached hydrogens (tertiary/aromatic N) is 1. The minimum Gasteiger partial charge on any atom is -0.479 e. The van der Waals surface area contributed by atoms with Gasteiger partial charge in [0.15, 0.2) is 6.04 Å². The molecular formula is C14H19NO4. The van der Waals surface area contributed by atoms with Gasteiger partial charge in [-0.1, -0.05) is 24.3 Å². The van der Waals surface area contributed by atoms with E-state index in [2.05, 4.69) is 0 Å². The average molecular weight is 265 g/mol. The molecule has 1 aromatic rings. The summed E-state index contributed by atoms with van der Waals surface area (Å²) in [4.78, 5) is 23.8. The van der Waals surface area contributed by atoms with Crippen molar-refractivity contribution in [3.8, 4) is 0 Å². The van der Waals surface area contributed by atoms with Gasteiger partial charge in [-0.05, 0) is 25.0 Å².